The lowest BCUT2D eigenvalue weighted by molar-refractivity contribution is 0.0593. The SMILES string of the molecule is CCc1sc(NC(=O)c2c(C)nn([C@@H]3CCS(=O)(=O)C3)c2C)nc1C(=O)OC. The molecule has 0 spiro atoms. The topological polar surface area (TPSA) is 120 Å². The van der Waals surface area contributed by atoms with Gasteiger partial charge in [0.15, 0.2) is 20.7 Å². The van der Waals surface area contributed by atoms with Gasteiger partial charge in [-0.2, -0.15) is 5.10 Å². The lowest BCUT2D eigenvalue weighted by Crippen LogP contribution is -2.16. The van der Waals surface area contributed by atoms with Crippen molar-refractivity contribution >= 4 is 38.2 Å². The number of aromatic nitrogens is 3. The molecular formula is C17H22N4O5S2. The van der Waals surface area contributed by atoms with E-state index in [9.17, 15) is 18.0 Å². The molecule has 11 heteroatoms. The number of nitrogens with zero attached hydrogens (tertiary/aromatic N) is 3. The Kier molecular flexibility index (Phi) is 5.57. The van der Waals surface area contributed by atoms with Gasteiger partial charge in [-0.15, -0.1) is 11.3 Å². The van der Waals surface area contributed by atoms with Crippen molar-refractivity contribution in [2.75, 3.05) is 23.9 Å². The molecule has 28 heavy (non-hydrogen) atoms. The first-order valence-corrected chi connectivity index (χ1v) is 11.5. The fourth-order valence-corrected chi connectivity index (χ4v) is 5.95. The van der Waals surface area contributed by atoms with E-state index in [2.05, 4.69) is 15.4 Å². The third-order valence-corrected chi connectivity index (χ3v) is 7.59. The van der Waals surface area contributed by atoms with Crippen molar-refractivity contribution in [2.24, 2.45) is 0 Å². The molecule has 1 N–H and O–H groups in total. The van der Waals surface area contributed by atoms with E-state index < -0.39 is 21.7 Å². The largest absolute Gasteiger partial charge is 0.464 e. The van der Waals surface area contributed by atoms with Crippen LogP contribution in [0.5, 0.6) is 0 Å². The summed E-state index contributed by atoms with van der Waals surface area (Å²) in [5.41, 5.74) is 1.71. The number of anilines is 1. The Bertz CT molecular complexity index is 1040. The second-order valence-electron chi connectivity index (χ2n) is 6.64. The molecule has 3 heterocycles. The molecular weight excluding hydrogens is 404 g/mol. The summed E-state index contributed by atoms with van der Waals surface area (Å²) in [4.78, 5) is 29.6. The molecule has 1 aliphatic heterocycles. The molecule has 152 valence electrons. The molecule has 1 aliphatic rings. The van der Waals surface area contributed by atoms with E-state index in [0.29, 0.717) is 34.9 Å². The summed E-state index contributed by atoms with van der Waals surface area (Å²) in [6.45, 7) is 5.35. The molecule has 0 unspecified atom stereocenters. The molecule has 2 aromatic rings. The van der Waals surface area contributed by atoms with Crippen LogP contribution in [0.4, 0.5) is 5.13 Å². The third-order valence-electron chi connectivity index (χ3n) is 4.72. The Morgan fingerprint density at radius 2 is 2.07 bits per heavy atom. The predicted molar refractivity (Wildman–Crippen MR) is 105 cm³/mol. The van der Waals surface area contributed by atoms with Gasteiger partial charge < -0.3 is 4.74 Å². The summed E-state index contributed by atoms with van der Waals surface area (Å²) in [6, 6.07) is -0.261. The molecule has 9 nitrogen and oxygen atoms in total. The lowest BCUT2D eigenvalue weighted by atomic mass is 10.1. The Morgan fingerprint density at radius 1 is 1.36 bits per heavy atom. The Balaban J connectivity index is 1.86. The fraction of sp³-hybridized carbons (Fsp3) is 0.529. The smallest absolute Gasteiger partial charge is 0.357 e. The van der Waals surface area contributed by atoms with Crippen LogP contribution in [0, 0.1) is 13.8 Å². The average molecular weight is 427 g/mol. The highest BCUT2D eigenvalue weighted by molar-refractivity contribution is 7.91. The minimum Gasteiger partial charge on any atom is -0.464 e. The van der Waals surface area contributed by atoms with Gasteiger partial charge in [-0.25, -0.2) is 18.2 Å². The minimum absolute atomic E-state index is 0.0326. The highest BCUT2D eigenvalue weighted by atomic mass is 32.2. The highest BCUT2D eigenvalue weighted by Crippen LogP contribution is 2.28. The number of amides is 1. The number of ether oxygens (including phenoxy) is 1. The number of hydrogen-bond donors (Lipinski definition) is 1. The van der Waals surface area contributed by atoms with Crippen molar-refractivity contribution in [1.82, 2.24) is 14.8 Å². The number of rotatable bonds is 5. The summed E-state index contributed by atoms with van der Waals surface area (Å²) in [7, 11) is -1.78. The van der Waals surface area contributed by atoms with Crippen molar-refractivity contribution in [3.05, 3.63) is 27.5 Å². The zero-order valence-corrected chi connectivity index (χ0v) is 17.7. The maximum absolute atomic E-state index is 12.8. The first-order chi connectivity index (χ1) is 13.2. The van der Waals surface area contributed by atoms with Crippen LogP contribution in [0.2, 0.25) is 0 Å². The second-order valence-corrected chi connectivity index (χ2v) is 9.95. The number of carbonyl (C=O) groups excluding carboxylic acids is 2. The highest BCUT2D eigenvalue weighted by Gasteiger charge is 2.32. The van der Waals surface area contributed by atoms with Crippen LogP contribution in [0.15, 0.2) is 0 Å². The van der Waals surface area contributed by atoms with E-state index in [1.807, 2.05) is 6.92 Å². The Hall–Kier alpha value is -2.27. The van der Waals surface area contributed by atoms with E-state index in [1.165, 1.54) is 18.4 Å². The summed E-state index contributed by atoms with van der Waals surface area (Å²) in [5.74, 6) is -0.774. The van der Waals surface area contributed by atoms with E-state index in [1.54, 1.807) is 18.5 Å². The number of aryl methyl sites for hydroxylation is 2. The molecule has 0 aromatic carbocycles. The monoisotopic (exact) mass is 426 g/mol. The molecule has 0 aliphatic carbocycles. The van der Waals surface area contributed by atoms with Crippen LogP contribution in [0.1, 0.15) is 56.5 Å². The van der Waals surface area contributed by atoms with Gasteiger partial charge in [0, 0.05) is 10.6 Å². The summed E-state index contributed by atoms with van der Waals surface area (Å²) in [6.07, 6.45) is 1.07. The second kappa shape index (κ2) is 7.63. The normalized spacial score (nSPS) is 18.2. The van der Waals surface area contributed by atoms with Gasteiger partial charge in [0.05, 0.1) is 35.9 Å². The summed E-state index contributed by atoms with van der Waals surface area (Å²) < 4.78 is 29.9. The van der Waals surface area contributed by atoms with Crippen LogP contribution in [-0.2, 0) is 21.0 Å². The van der Waals surface area contributed by atoms with Gasteiger partial charge in [0.25, 0.3) is 5.91 Å². The fourth-order valence-electron chi connectivity index (χ4n) is 3.38. The molecule has 0 radical (unpaired) electrons. The third kappa shape index (κ3) is 3.81. The van der Waals surface area contributed by atoms with E-state index in [0.717, 1.165) is 4.88 Å². The molecule has 2 aromatic heterocycles. The van der Waals surface area contributed by atoms with Crippen molar-refractivity contribution in [2.45, 2.75) is 39.7 Å². The summed E-state index contributed by atoms with van der Waals surface area (Å²) in [5, 5.41) is 7.43. The van der Waals surface area contributed by atoms with Crippen molar-refractivity contribution in [1.29, 1.82) is 0 Å². The molecule has 0 saturated carbocycles. The zero-order valence-electron chi connectivity index (χ0n) is 16.1. The molecule has 1 amide bonds. The number of nitrogens with one attached hydrogen (secondary N) is 1. The van der Waals surface area contributed by atoms with Crippen LogP contribution >= 0.6 is 11.3 Å². The first kappa shape index (κ1) is 20.5. The van der Waals surface area contributed by atoms with Gasteiger partial charge in [-0.1, -0.05) is 6.92 Å². The number of esters is 1. The van der Waals surface area contributed by atoms with Gasteiger partial charge in [0.1, 0.15) is 0 Å². The van der Waals surface area contributed by atoms with E-state index in [4.69, 9.17) is 4.74 Å². The van der Waals surface area contributed by atoms with Crippen LogP contribution in [-0.4, -0.2) is 53.7 Å². The van der Waals surface area contributed by atoms with Gasteiger partial charge >= 0.3 is 5.97 Å². The van der Waals surface area contributed by atoms with Crippen LogP contribution in [0.25, 0.3) is 0 Å². The molecule has 3 rings (SSSR count). The number of methoxy groups -OCH3 is 1. The first-order valence-electron chi connectivity index (χ1n) is 8.82. The number of thiazole rings is 1. The van der Waals surface area contributed by atoms with E-state index >= 15 is 0 Å². The lowest BCUT2D eigenvalue weighted by Gasteiger charge is -2.11. The van der Waals surface area contributed by atoms with Crippen LogP contribution in [0.3, 0.4) is 0 Å². The summed E-state index contributed by atoms with van der Waals surface area (Å²) >= 11 is 1.22. The standard InChI is InChI=1S/C17H22N4O5S2/c1-5-12-14(16(23)26-4)18-17(27-12)19-15(22)13-9(2)20-21(10(13)3)11-6-7-28(24,25)8-11/h11H,5-8H2,1-4H3,(H,18,19,22)/t11-/m1/s1. The van der Waals surface area contributed by atoms with Crippen molar-refractivity contribution in [3.8, 4) is 0 Å². The van der Waals surface area contributed by atoms with Crippen LogP contribution < -0.4 is 5.32 Å². The van der Waals surface area contributed by atoms with Crippen molar-refractivity contribution in [3.63, 3.8) is 0 Å². The number of carbonyl (C=O) groups is 2. The quantitative estimate of drug-likeness (QED) is 0.725. The van der Waals surface area contributed by atoms with Crippen molar-refractivity contribution < 1.29 is 22.7 Å². The molecule has 1 atom stereocenters. The molecule has 1 fully saturated rings. The molecule has 1 saturated heterocycles. The predicted octanol–water partition coefficient (Wildman–Crippen LogP) is 1.92. The minimum atomic E-state index is -3.06. The average Bonchev–Trinajstić information content (AvgIpc) is 3.29. The maximum atomic E-state index is 12.8. The van der Waals surface area contributed by atoms with Gasteiger partial charge in [0.2, 0.25) is 0 Å². The zero-order chi connectivity index (χ0) is 20.6. The Morgan fingerprint density at radius 3 is 2.64 bits per heavy atom. The molecule has 0 bridgehead atoms. The maximum Gasteiger partial charge on any atom is 0.357 e. The van der Waals surface area contributed by atoms with Gasteiger partial charge in [-0.05, 0) is 26.7 Å². The van der Waals surface area contributed by atoms with E-state index in [-0.39, 0.29) is 23.2 Å². The van der Waals surface area contributed by atoms with Gasteiger partial charge in [-0.3, -0.25) is 14.8 Å². The Labute approximate surface area is 167 Å². The number of hydrogen-bond acceptors (Lipinski definition) is 8. The number of sulfone groups is 1.